The second-order valence-corrected chi connectivity index (χ2v) is 3.10. The maximum atomic E-state index is 12.5. The Morgan fingerprint density at radius 3 is 2.67 bits per heavy atom. The Morgan fingerprint density at radius 1 is 1.67 bits per heavy atom. The number of hydrogen-bond donors (Lipinski definition) is 1. The van der Waals surface area contributed by atoms with Crippen LogP contribution in [-0.2, 0) is 5.33 Å². The molecule has 0 fully saturated rings. The van der Waals surface area contributed by atoms with Gasteiger partial charge < -0.3 is 5.11 Å². The van der Waals surface area contributed by atoms with E-state index in [1.54, 1.807) is 0 Å². The van der Waals surface area contributed by atoms with Gasteiger partial charge in [0.05, 0.1) is 10.6 Å². The fourth-order valence-electron chi connectivity index (χ4n) is 1.00. The van der Waals surface area contributed by atoms with Crippen molar-refractivity contribution in [3.8, 4) is 5.75 Å². The molecule has 1 N–H and O–H groups in total. The molecular formula is C7H5BrF2N2O3. The second kappa shape index (κ2) is 4.47. The standard InChI is InChI=1S/C7H5BrF2N2O3/c8-1-3-6(13)5(7(9)10)4(2-11-3)12(14)15/h2,7,13H,1H2. The fourth-order valence-corrected chi connectivity index (χ4v) is 1.42. The van der Waals surface area contributed by atoms with E-state index >= 15 is 0 Å². The molecule has 0 saturated carbocycles. The normalized spacial score (nSPS) is 10.7. The lowest BCUT2D eigenvalue weighted by molar-refractivity contribution is -0.386. The third-order valence-electron chi connectivity index (χ3n) is 1.69. The molecule has 5 nitrogen and oxygen atoms in total. The number of aromatic nitrogens is 1. The highest BCUT2D eigenvalue weighted by Gasteiger charge is 2.28. The van der Waals surface area contributed by atoms with Gasteiger partial charge in [-0.05, 0) is 0 Å². The average molecular weight is 283 g/mol. The summed E-state index contributed by atoms with van der Waals surface area (Å²) in [5.41, 5.74) is -1.94. The minimum atomic E-state index is -3.12. The zero-order valence-electron chi connectivity index (χ0n) is 7.15. The molecule has 0 spiro atoms. The largest absolute Gasteiger partial charge is 0.505 e. The molecule has 0 unspecified atom stereocenters. The number of hydrogen-bond acceptors (Lipinski definition) is 4. The van der Waals surface area contributed by atoms with Gasteiger partial charge in [-0.3, -0.25) is 10.1 Å². The molecule has 0 aliphatic rings. The zero-order valence-corrected chi connectivity index (χ0v) is 8.74. The van der Waals surface area contributed by atoms with Crippen molar-refractivity contribution in [3.63, 3.8) is 0 Å². The fraction of sp³-hybridized carbons (Fsp3) is 0.286. The van der Waals surface area contributed by atoms with Crippen molar-refractivity contribution in [2.24, 2.45) is 0 Å². The first-order valence-corrected chi connectivity index (χ1v) is 4.80. The highest BCUT2D eigenvalue weighted by atomic mass is 79.9. The van der Waals surface area contributed by atoms with Gasteiger partial charge in [-0.15, -0.1) is 0 Å². The molecule has 8 heteroatoms. The van der Waals surface area contributed by atoms with Crippen LogP contribution < -0.4 is 0 Å². The van der Waals surface area contributed by atoms with E-state index in [1.165, 1.54) is 0 Å². The number of aromatic hydroxyl groups is 1. The van der Waals surface area contributed by atoms with Crippen molar-refractivity contribution in [2.75, 3.05) is 0 Å². The number of nitrogens with zero attached hydrogens (tertiary/aromatic N) is 2. The molecule has 0 atom stereocenters. The van der Waals surface area contributed by atoms with E-state index in [4.69, 9.17) is 0 Å². The van der Waals surface area contributed by atoms with Crippen molar-refractivity contribution >= 4 is 21.6 Å². The lowest BCUT2D eigenvalue weighted by atomic mass is 10.2. The maximum Gasteiger partial charge on any atom is 0.300 e. The third kappa shape index (κ3) is 2.20. The second-order valence-electron chi connectivity index (χ2n) is 2.54. The minimum absolute atomic E-state index is 0.0382. The van der Waals surface area contributed by atoms with E-state index in [0.717, 1.165) is 0 Å². The molecule has 0 aromatic carbocycles. The van der Waals surface area contributed by atoms with Gasteiger partial charge in [-0.1, -0.05) is 15.9 Å². The lowest BCUT2D eigenvalue weighted by Gasteiger charge is -2.06. The molecule has 1 aromatic rings. The van der Waals surface area contributed by atoms with Crippen molar-refractivity contribution in [1.82, 2.24) is 4.98 Å². The van der Waals surface area contributed by atoms with Crippen LogP contribution in [0.5, 0.6) is 5.75 Å². The van der Waals surface area contributed by atoms with Crippen LogP contribution in [0.25, 0.3) is 0 Å². The molecule has 15 heavy (non-hydrogen) atoms. The van der Waals surface area contributed by atoms with E-state index in [9.17, 15) is 24.0 Å². The van der Waals surface area contributed by atoms with Crippen molar-refractivity contribution < 1.29 is 18.8 Å². The Bertz CT molecular complexity index is 400. The number of nitro groups is 1. The molecule has 0 radical (unpaired) electrons. The summed E-state index contributed by atoms with van der Waals surface area (Å²) in [5, 5.41) is 19.7. The van der Waals surface area contributed by atoms with E-state index < -0.39 is 28.3 Å². The molecule has 1 heterocycles. The van der Waals surface area contributed by atoms with Crippen LogP contribution in [0.3, 0.4) is 0 Å². The Hall–Kier alpha value is -1.31. The van der Waals surface area contributed by atoms with Gasteiger partial charge in [0.25, 0.3) is 12.1 Å². The highest BCUT2D eigenvalue weighted by Crippen LogP contribution is 2.37. The molecule has 0 saturated heterocycles. The first-order chi connectivity index (χ1) is 6.99. The monoisotopic (exact) mass is 282 g/mol. The van der Waals surface area contributed by atoms with Crippen molar-refractivity contribution in [3.05, 3.63) is 27.6 Å². The smallest absolute Gasteiger partial charge is 0.300 e. The number of alkyl halides is 3. The maximum absolute atomic E-state index is 12.5. The third-order valence-corrected chi connectivity index (χ3v) is 2.22. The van der Waals surface area contributed by atoms with E-state index in [-0.39, 0.29) is 11.0 Å². The van der Waals surface area contributed by atoms with E-state index in [2.05, 4.69) is 20.9 Å². The van der Waals surface area contributed by atoms with Gasteiger partial charge in [0.1, 0.15) is 11.8 Å². The van der Waals surface area contributed by atoms with Gasteiger partial charge in [0.2, 0.25) is 0 Å². The summed E-state index contributed by atoms with van der Waals surface area (Å²) < 4.78 is 24.9. The first kappa shape index (κ1) is 11.8. The summed E-state index contributed by atoms with van der Waals surface area (Å²) in [6, 6.07) is 0. The van der Waals surface area contributed by atoms with Gasteiger partial charge in [-0.2, -0.15) is 0 Å². The van der Waals surface area contributed by atoms with Crippen LogP contribution in [0.2, 0.25) is 0 Å². The number of rotatable bonds is 3. The molecule has 1 aromatic heterocycles. The van der Waals surface area contributed by atoms with Crippen LogP contribution in [-0.4, -0.2) is 15.0 Å². The van der Waals surface area contributed by atoms with Crippen molar-refractivity contribution in [1.29, 1.82) is 0 Å². The van der Waals surface area contributed by atoms with Gasteiger partial charge in [0.15, 0.2) is 5.75 Å². The molecule has 0 aliphatic carbocycles. The van der Waals surface area contributed by atoms with Gasteiger partial charge in [0, 0.05) is 5.33 Å². The Labute approximate surface area is 91.0 Å². The summed E-state index contributed by atoms with van der Waals surface area (Å²) in [5.74, 6) is -0.837. The molecule has 82 valence electrons. The summed E-state index contributed by atoms with van der Waals surface area (Å²) in [7, 11) is 0. The van der Waals surface area contributed by atoms with E-state index in [0.29, 0.717) is 6.20 Å². The SMILES string of the molecule is O=[N+]([O-])c1cnc(CBr)c(O)c1C(F)F. The topological polar surface area (TPSA) is 76.3 Å². The van der Waals surface area contributed by atoms with Gasteiger partial charge >= 0.3 is 0 Å². The Morgan fingerprint density at radius 2 is 2.27 bits per heavy atom. The van der Waals surface area contributed by atoms with Crippen LogP contribution in [0.4, 0.5) is 14.5 Å². The van der Waals surface area contributed by atoms with Crippen LogP contribution >= 0.6 is 15.9 Å². The first-order valence-electron chi connectivity index (χ1n) is 3.68. The highest BCUT2D eigenvalue weighted by molar-refractivity contribution is 9.08. The summed E-state index contributed by atoms with van der Waals surface area (Å²) >= 11 is 2.92. The predicted octanol–water partition coefficient (Wildman–Crippen LogP) is 2.53. The Kier molecular flexibility index (Phi) is 3.51. The van der Waals surface area contributed by atoms with Gasteiger partial charge in [-0.25, -0.2) is 13.8 Å². The summed E-state index contributed by atoms with van der Waals surface area (Å²) in [4.78, 5) is 12.9. The molecule has 1 rings (SSSR count). The molecular weight excluding hydrogens is 278 g/mol. The summed E-state index contributed by atoms with van der Waals surface area (Å²) in [6.07, 6.45) is -2.41. The quantitative estimate of drug-likeness (QED) is 0.525. The predicted molar refractivity (Wildman–Crippen MR) is 50.1 cm³/mol. The number of halogens is 3. The number of pyridine rings is 1. The molecule has 0 bridgehead atoms. The Balaban J connectivity index is 3.44. The van der Waals surface area contributed by atoms with Crippen LogP contribution in [0, 0.1) is 10.1 Å². The zero-order chi connectivity index (χ0) is 11.6. The average Bonchev–Trinajstić information content (AvgIpc) is 2.16. The lowest BCUT2D eigenvalue weighted by Crippen LogP contribution is -2.00. The van der Waals surface area contributed by atoms with Crippen LogP contribution in [0.1, 0.15) is 17.7 Å². The van der Waals surface area contributed by atoms with E-state index in [1.807, 2.05) is 0 Å². The van der Waals surface area contributed by atoms with Crippen molar-refractivity contribution in [2.45, 2.75) is 11.8 Å². The molecule has 0 aliphatic heterocycles. The minimum Gasteiger partial charge on any atom is -0.505 e. The summed E-state index contributed by atoms with van der Waals surface area (Å²) in [6.45, 7) is 0. The van der Waals surface area contributed by atoms with Crippen LogP contribution in [0.15, 0.2) is 6.20 Å². The molecule has 0 amide bonds.